The SMILES string of the molecule is CCCCN(CCCC)c1ccc2c(c1)Oc1cccc3c1C2=CC(=O)C3=O. The number of fused-ring (bicyclic) bond motifs is 2. The molecule has 28 heavy (non-hydrogen) atoms. The zero-order valence-electron chi connectivity index (χ0n) is 16.5. The van der Waals surface area contributed by atoms with Gasteiger partial charge in [-0.25, -0.2) is 0 Å². The van der Waals surface area contributed by atoms with Crippen molar-refractivity contribution in [2.75, 3.05) is 18.0 Å². The molecule has 0 spiro atoms. The summed E-state index contributed by atoms with van der Waals surface area (Å²) >= 11 is 0. The highest BCUT2D eigenvalue weighted by atomic mass is 16.5. The second kappa shape index (κ2) is 7.63. The van der Waals surface area contributed by atoms with Crippen LogP contribution in [-0.2, 0) is 4.79 Å². The van der Waals surface area contributed by atoms with Crippen LogP contribution in [0.1, 0.15) is 61.0 Å². The van der Waals surface area contributed by atoms with Crippen LogP contribution in [0.4, 0.5) is 5.69 Å². The van der Waals surface area contributed by atoms with E-state index in [9.17, 15) is 9.59 Å². The zero-order valence-corrected chi connectivity index (χ0v) is 16.5. The zero-order chi connectivity index (χ0) is 19.7. The minimum atomic E-state index is -0.468. The number of carbonyl (C=O) groups is 2. The van der Waals surface area contributed by atoms with Crippen molar-refractivity contribution in [3.63, 3.8) is 0 Å². The predicted octanol–water partition coefficient (Wildman–Crippen LogP) is 5.40. The molecule has 1 aliphatic heterocycles. The molecule has 0 atom stereocenters. The molecular weight excluding hydrogens is 350 g/mol. The van der Waals surface area contributed by atoms with Crippen LogP contribution in [0.15, 0.2) is 42.5 Å². The average molecular weight is 375 g/mol. The summed E-state index contributed by atoms with van der Waals surface area (Å²) in [7, 11) is 0. The Morgan fingerprint density at radius 3 is 2.36 bits per heavy atom. The van der Waals surface area contributed by atoms with Gasteiger partial charge in [-0.3, -0.25) is 9.59 Å². The van der Waals surface area contributed by atoms with Crippen molar-refractivity contribution in [1.82, 2.24) is 0 Å². The van der Waals surface area contributed by atoms with Crippen molar-refractivity contribution in [2.45, 2.75) is 39.5 Å². The van der Waals surface area contributed by atoms with Crippen LogP contribution in [-0.4, -0.2) is 24.7 Å². The van der Waals surface area contributed by atoms with Gasteiger partial charge in [0.15, 0.2) is 0 Å². The number of unbranched alkanes of at least 4 members (excludes halogenated alkanes) is 2. The predicted molar refractivity (Wildman–Crippen MR) is 111 cm³/mol. The van der Waals surface area contributed by atoms with Gasteiger partial charge >= 0.3 is 0 Å². The molecule has 4 nitrogen and oxygen atoms in total. The van der Waals surface area contributed by atoms with E-state index in [4.69, 9.17) is 4.74 Å². The van der Waals surface area contributed by atoms with E-state index in [0.717, 1.165) is 66.9 Å². The quantitative estimate of drug-likeness (QED) is 0.519. The van der Waals surface area contributed by atoms with Gasteiger partial charge in [-0.05, 0) is 37.1 Å². The third-order valence-corrected chi connectivity index (χ3v) is 5.44. The summed E-state index contributed by atoms with van der Waals surface area (Å²) in [5.41, 5.74) is 3.97. The van der Waals surface area contributed by atoms with Crippen LogP contribution in [0.3, 0.4) is 0 Å². The van der Waals surface area contributed by atoms with Gasteiger partial charge in [0.2, 0.25) is 11.6 Å². The molecule has 0 N–H and O–H groups in total. The Bertz CT molecular complexity index is 966. The minimum Gasteiger partial charge on any atom is -0.456 e. The number of hydrogen-bond acceptors (Lipinski definition) is 4. The van der Waals surface area contributed by atoms with Crippen molar-refractivity contribution < 1.29 is 14.3 Å². The fourth-order valence-electron chi connectivity index (χ4n) is 3.90. The lowest BCUT2D eigenvalue weighted by molar-refractivity contribution is -0.111. The number of anilines is 1. The Kier molecular flexibility index (Phi) is 5.03. The Hall–Kier alpha value is -2.88. The van der Waals surface area contributed by atoms with Gasteiger partial charge < -0.3 is 9.64 Å². The number of hydrogen-bond donors (Lipinski definition) is 0. The van der Waals surface area contributed by atoms with Crippen LogP contribution in [0.5, 0.6) is 11.5 Å². The largest absolute Gasteiger partial charge is 0.456 e. The van der Waals surface area contributed by atoms with E-state index in [2.05, 4.69) is 30.9 Å². The van der Waals surface area contributed by atoms with E-state index in [1.54, 1.807) is 12.1 Å². The molecule has 0 saturated heterocycles. The van der Waals surface area contributed by atoms with Gasteiger partial charge in [-0.15, -0.1) is 0 Å². The molecule has 0 radical (unpaired) electrons. The summed E-state index contributed by atoms with van der Waals surface area (Å²) in [6.45, 7) is 6.45. The van der Waals surface area contributed by atoms with Crippen molar-refractivity contribution in [3.05, 3.63) is 59.2 Å². The van der Waals surface area contributed by atoms with Gasteiger partial charge in [0.1, 0.15) is 11.5 Å². The maximum absolute atomic E-state index is 12.3. The average Bonchev–Trinajstić information content (AvgIpc) is 2.71. The second-order valence-electron chi connectivity index (χ2n) is 7.41. The van der Waals surface area contributed by atoms with E-state index in [0.29, 0.717) is 11.3 Å². The van der Waals surface area contributed by atoms with Crippen LogP contribution in [0.25, 0.3) is 5.57 Å². The lowest BCUT2D eigenvalue weighted by Gasteiger charge is -2.29. The van der Waals surface area contributed by atoms with Crippen molar-refractivity contribution >= 4 is 22.8 Å². The van der Waals surface area contributed by atoms with Crippen LogP contribution in [0, 0.1) is 0 Å². The number of rotatable bonds is 7. The summed E-state index contributed by atoms with van der Waals surface area (Å²) in [5.74, 6) is 0.454. The molecule has 0 bridgehead atoms. The standard InChI is InChI=1S/C24H25NO3/c1-3-5-12-25(13-6-4-2)16-10-11-17-19-15-20(26)24(27)18-8-7-9-21(23(18)19)28-22(17)14-16/h7-11,14-15H,3-6,12-13H2,1-2H3. The molecular formula is C24H25NO3. The van der Waals surface area contributed by atoms with Gasteiger partial charge in [0.25, 0.3) is 0 Å². The highest BCUT2D eigenvalue weighted by Crippen LogP contribution is 2.47. The monoisotopic (exact) mass is 375 g/mol. The number of carbonyl (C=O) groups excluding carboxylic acids is 2. The normalized spacial score (nSPS) is 14.1. The number of Topliss-reactive ketones (excluding diaryl/α,β-unsaturated/α-hetero) is 1. The van der Waals surface area contributed by atoms with E-state index < -0.39 is 11.6 Å². The van der Waals surface area contributed by atoms with Crippen molar-refractivity contribution in [1.29, 1.82) is 0 Å². The third kappa shape index (κ3) is 3.13. The Balaban J connectivity index is 1.75. The molecule has 2 aliphatic rings. The molecule has 0 fully saturated rings. The first-order valence-corrected chi connectivity index (χ1v) is 10.1. The second-order valence-corrected chi connectivity index (χ2v) is 7.41. The Morgan fingerprint density at radius 2 is 1.64 bits per heavy atom. The van der Waals surface area contributed by atoms with Crippen LogP contribution >= 0.6 is 0 Å². The molecule has 0 amide bonds. The number of ketones is 2. The fourth-order valence-corrected chi connectivity index (χ4v) is 3.90. The summed E-state index contributed by atoms with van der Waals surface area (Å²) in [6, 6.07) is 11.5. The van der Waals surface area contributed by atoms with Gasteiger partial charge in [0, 0.05) is 47.1 Å². The first-order chi connectivity index (χ1) is 13.6. The molecule has 2 aromatic rings. The summed E-state index contributed by atoms with van der Waals surface area (Å²) < 4.78 is 6.18. The van der Waals surface area contributed by atoms with E-state index in [1.165, 1.54) is 6.08 Å². The maximum atomic E-state index is 12.3. The number of allylic oxidation sites excluding steroid dienone is 1. The van der Waals surface area contributed by atoms with E-state index >= 15 is 0 Å². The molecule has 1 heterocycles. The lowest BCUT2D eigenvalue weighted by atomic mass is 9.83. The highest BCUT2D eigenvalue weighted by Gasteiger charge is 2.33. The van der Waals surface area contributed by atoms with Crippen molar-refractivity contribution in [3.8, 4) is 11.5 Å². The van der Waals surface area contributed by atoms with Gasteiger partial charge in [-0.1, -0.05) is 38.8 Å². The first kappa shape index (κ1) is 18.5. The smallest absolute Gasteiger partial charge is 0.233 e. The lowest BCUT2D eigenvalue weighted by Crippen LogP contribution is -2.26. The van der Waals surface area contributed by atoms with E-state index in [-0.39, 0.29) is 0 Å². The molecule has 144 valence electrons. The Labute approximate surface area is 165 Å². The summed E-state index contributed by atoms with van der Waals surface area (Å²) in [4.78, 5) is 26.9. The highest BCUT2D eigenvalue weighted by molar-refractivity contribution is 6.51. The summed E-state index contributed by atoms with van der Waals surface area (Å²) in [6.07, 6.45) is 6.07. The number of benzene rings is 2. The van der Waals surface area contributed by atoms with Gasteiger partial charge in [-0.2, -0.15) is 0 Å². The summed E-state index contributed by atoms with van der Waals surface area (Å²) in [5, 5.41) is 0. The Morgan fingerprint density at radius 1 is 0.893 bits per heavy atom. The third-order valence-electron chi connectivity index (χ3n) is 5.44. The van der Waals surface area contributed by atoms with Crippen LogP contribution in [0.2, 0.25) is 0 Å². The molecule has 0 saturated carbocycles. The molecule has 4 heteroatoms. The molecule has 2 aromatic carbocycles. The fraction of sp³-hybridized carbons (Fsp3) is 0.333. The first-order valence-electron chi connectivity index (χ1n) is 10.1. The topological polar surface area (TPSA) is 46.6 Å². The molecule has 0 aromatic heterocycles. The van der Waals surface area contributed by atoms with Crippen LogP contribution < -0.4 is 9.64 Å². The van der Waals surface area contributed by atoms with Crippen molar-refractivity contribution in [2.24, 2.45) is 0 Å². The maximum Gasteiger partial charge on any atom is 0.233 e. The van der Waals surface area contributed by atoms with Gasteiger partial charge in [0.05, 0.1) is 0 Å². The molecule has 0 unspecified atom stereocenters. The number of nitrogens with zero attached hydrogens (tertiary/aromatic N) is 1. The molecule has 4 rings (SSSR count). The minimum absolute atomic E-state index is 0.433. The van der Waals surface area contributed by atoms with E-state index in [1.807, 2.05) is 12.1 Å². The molecule has 1 aliphatic carbocycles. The number of ether oxygens (including phenoxy) is 1.